The second-order valence-electron chi connectivity index (χ2n) is 16.2. The number of aliphatic carboxylic acids is 1. The summed E-state index contributed by atoms with van der Waals surface area (Å²) in [6.45, 7) is 3.91. The fraction of sp³-hybridized carbons (Fsp3) is 0.913. The predicted molar refractivity (Wildman–Crippen MR) is 236 cm³/mol. The number of phosphoric acid groups is 1. The highest BCUT2D eigenvalue weighted by molar-refractivity contribution is 7.47. The van der Waals surface area contributed by atoms with E-state index in [1.54, 1.807) is 0 Å². The standard InChI is InChI=1S/C46H90NO9P/c1-3-5-7-9-11-13-15-17-19-21-22-24-26-28-30-32-34-36-38-45(48)56-43(41-54-57(51,52)55-42-44(47)46(49)50)40-53-39-37-35-33-31-29-27-25-23-20-18-16-14-12-10-8-6-4-2/h20,23,43-44H,3-19,21-22,24-42,47H2,1-2H3,(H,49,50)(H,51,52)/b23-20-. The van der Waals surface area contributed by atoms with E-state index in [0.29, 0.717) is 6.61 Å². The first kappa shape index (κ1) is 55.7. The van der Waals surface area contributed by atoms with Gasteiger partial charge in [-0.15, -0.1) is 0 Å². The Morgan fingerprint density at radius 2 is 0.912 bits per heavy atom. The van der Waals surface area contributed by atoms with Gasteiger partial charge >= 0.3 is 19.8 Å². The predicted octanol–water partition coefficient (Wildman–Crippen LogP) is 13.3. The fourth-order valence-electron chi connectivity index (χ4n) is 6.84. The Labute approximate surface area is 350 Å². The van der Waals surface area contributed by atoms with Crippen LogP contribution in [0.4, 0.5) is 0 Å². The highest BCUT2D eigenvalue weighted by Crippen LogP contribution is 2.43. The molecule has 0 aromatic rings. The molecule has 0 radical (unpaired) electrons. The van der Waals surface area contributed by atoms with Crippen LogP contribution < -0.4 is 5.73 Å². The average molecular weight is 832 g/mol. The van der Waals surface area contributed by atoms with Crippen LogP contribution in [0.3, 0.4) is 0 Å². The number of phosphoric ester groups is 1. The van der Waals surface area contributed by atoms with Gasteiger partial charge in [0.25, 0.3) is 0 Å². The zero-order valence-electron chi connectivity index (χ0n) is 37.0. The van der Waals surface area contributed by atoms with Crippen LogP contribution in [-0.4, -0.2) is 60.5 Å². The summed E-state index contributed by atoms with van der Waals surface area (Å²) >= 11 is 0. The van der Waals surface area contributed by atoms with Crippen molar-refractivity contribution in [3.63, 3.8) is 0 Å². The number of carbonyl (C=O) groups is 2. The summed E-state index contributed by atoms with van der Waals surface area (Å²) in [6.07, 6.45) is 45.5. The topological polar surface area (TPSA) is 155 Å². The van der Waals surface area contributed by atoms with Gasteiger partial charge < -0.3 is 25.2 Å². The van der Waals surface area contributed by atoms with E-state index in [1.165, 1.54) is 167 Å². The molecule has 11 heteroatoms. The van der Waals surface area contributed by atoms with Crippen LogP contribution in [0.5, 0.6) is 0 Å². The molecule has 0 rings (SSSR count). The van der Waals surface area contributed by atoms with Crippen LogP contribution >= 0.6 is 7.82 Å². The number of carbonyl (C=O) groups excluding carboxylic acids is 1. The molecule has 0 aliphatic carbocycles. The molecule has 57 heavy (non-hydrogen) atoms. The van der Waals surface area contributed by atoms with Crippen LogP contribution in [-0.2, 0) is 32.7 Å². The molecule has 3 unspecified atom stereocenters. The third kappa shape index (κ3) is 42.6. The maximum Gasteiger partial charge on any atom is 0.472 e. The zero-order chi connectivity index (χ0) is 41.9. The Morgan fingerprint density at radius 3 is 1.33 bits per heavy atom. The lowest BCUT2D eigenvalue weighted by Crippen LogP contribution is -2.34. The van der Waals surface area contributed by atoms with Crippen LogP contribution in [0.2, 0.25) is 0 Å². The molecule has 0 amide bonds. The summed E-state index contributed by atoms with van der Waals surface area (Å²) in [4.78, 5) is 33.6. The van der Waals surface area contributed by atoms with Gasteiger partial charge in [-0.2, -0.15) is 0 Å². The van der Waals surface area contributed by atoms with E-state index >= 15 is 0 Å². The molecular weight excluding hydrogens is 741 g/mol. The van der Waals surface area contributed by atoms with Gasteiger partial charge in [0.2, 0.25) is 0 Å². The van der Waals surface area contributed by atoms with E-state index in [1.807, 2.05) is 0 Å². The summed E-state index contributed by atoms with van der Waals surface area (Å²) in [5.74, 6) is -1.77. The lowest BCUT2D eigenvalue weighted by Gasteiger charge is -2.20. The van der Waals surface area contributed by atoms with Crippen molar-refractivity contribution in [3.05, 3.63) is 12.2 Å². The van der Waals surface area contributed by atoms with Crippen molar-refractivity contribution in [2.24, 2.45) is 5.73 Å². The highest BCUT2D eigenvalue weighted by Gasteiger charge is 2.27. The monoisotopic (exact) mass is 832 g/mol. The van der Waals surface area contributed by atoms with Gasteiger partial charge in [0.1, 0.15) is 12.1 Å². The van der Waals surface area contributed by atoms with Gasteiger partial charge in [-0.3, -0.25) is 18.6 Å². The van der Waals surface area contributed by atoms with Crippen molar-refractivity contribution in [1.29, 1.82) is 0 Å². The lowest BCUT2D eigenvalue weighted by atomic mass is 10.0. The fourth-order valence-corrected chi connectivity index (χ4v) is 7.61. The SMILES string of the molecule is CCCCCCCCC/C=C\CCCCCCCCOCC(COP(=O)(O)OCC(N)C(=O)O)OC(=O)CCCCCCCCCCCCCCCCCCCC. The average Bonchev–Trinajstić information content (AvgIpc) is 3.19. The maximum atomic E-state index is 12.7. The third-order valence-electron chi connectivity index (χ3n) is 10.5. The van der Waals surface area contributed by atoms with Crippen LogP contribution in [0.15, 0.2) is 12.2 Å². The number of unbranched alkanes of at least 4 members (excludes halogenated alkanes) is 30. The van der Waals surface area contributed by atoms with Crippen molar-refractivity contribution in [2.75, 3.05) is 26.4 Å². The Bertz CT molecular complexity index is 966. The molecule has 0 bridgehead atoms. The van der Waals surface area contributed by atoms with Gasteiger partial charge in [0.15, 0.2) is 0 Å². The summed E-state index contributed by atoms with van der Waals surface area (Å²) in [6, 6.07) is -1.47. The van der Waals surface area contributed by atoms with Crippen molar-refractivity contribution in [3.8, 4) is 0 Å². The molecule has 10 nitrogen and oxygen atoms in total. The molecule has 0 aliphatic rings. The van der Waals surface area contributed by atoms with Crippen LogP contribution in [0.1, 0.15) is 232 Å². The number of nitrogens with two attached hydrogens (primary N) is 1. The molecule has 0 aromatic heterocycles. The number of rotatable bonds is 46. The van der Waals surface area contributed by atoms with Crippen LogP contribution in [0.25, 0.3) is 0 Å². The first-order chi connectivity index (χ1) is 27.7. The van der Waals surface area contributed by atoms with Gasteiger partial charge in [0, 0.05) is 13.0 Å². The smallest absolute Gasteiger partial charge is 0.472 e. The quantitative estimate of drug-likeness (QED) is 0.0234. The minimum Gasteiger partial charge on any atom is -0.480 e. The molecule has 338 valence electrons. The Kier molecular flexibility index (Phi) is 41.9. The Hall–Kier alpha value is -1.29. The first-order valence-corrected chi connectivity index (χ1v) is 25.2. The number of hydrogen-bond donors (Lipinski definition) is 3. The molecule has 0 spiro atoms. The second-order valence-corrected chi connectivity index (χ2v) is 17.7. The van der Waals surface area contributed by atoms with Crippen molar-refractivity contribution < 1.29 is 42.7 Å². The van der Waals surface area contributed by atoms with E-state index in [9.17, 15) is 19.0 Å². The highest BCUT2D eigenvalue weighted by atomic mass is 31.2. The van der Waals surface area contributed by atoms with Crippen LogP contribution in [0, 0.1) is 0 Å². The van der Waals surface area contributed by atoms with Gasteiger partial charge in [-0.05, 0) is 38.5 Å². The molecule has 0 saturated carbocycles. The maximum absolute atomic E-state index is 12.7. The van der Waals surface area contributed by atoms with Gasteiger partial charge in [0.05, 0.1) is 19.8 Å². The number of esters is 1. The van der Waals surface area contributed by atoms with E-state index in [4.69, 9.17) is 29.4 Å². The number of carboxylic acid groups (broad SMARTS) is 1. The summed E-state index contributed by atoms with van der Waals surface area (Å²) in [5.41, 5.74) is 5.36. The first-order valence-electron chi connectivity index (χ1n) is 23.7. The molecule has 4 N–H and O–H groups in total. The van der Waals surface area contributed by atoms with Gasteiger partial charge in [-0.1, -0.05) is 199 Å². The van der Waals surface area contributed by atoms with Crippen molar-refractivity contribution in [1.82, 2.24) is 0 Å². The molecule has 0 saturated heterocycles. The molecule has 3 atom stereocenters. The van der Waals surface area contributed by atoms with E-state index in [2.05, 4.69) is 26.0 Å². The molecular formula is C46H90NO9P. The minimum absolute atomic E-state index is 0.0185. The number of allylic oxidation sites excluding steroid dienone is 2. The Morgan fingerprint density at radius 1 is 0.544 bits per heavy atom. The summed E-state index contributed by atoms with van der Waals surface area (Å²) in [5, 5.41) is 8.91. The summed E-state index contributed by atoms with van der Waals surface area (Å²) in [7, 11) is -4.61. The largest absolute Gasteiger partial charge is 0.480 e. The van der Waals surface area contributed by atoms with E-state index in [-0.39, 0.29) is 13.0 Å². The van der Waals surface area contributed by atoms with E-state index in [0.717, 1.165) is 44.9 Å². The molecule has 0 fully saturated rings. The number of hydrogen-bond acceptors (Lipinski definition) is 8. The minimum atomic E-state index is -4.61. The number of carboxylic acids is 1. The lowest BCUT2D eigenvalue weighted by molar-refractivity contribution is -0.154. The van der Waals surface area contributed by atoms with Crippen molar-refractivity contribution >= 4 is 19.8 Å². The summed E-state index contributed by atoms with van der Waals surface area (Å²) < 4.78 is 33.4. The van der Waals surface area contributed by atoms with E-state index < -0.39 is 45.1 Å². The number of ether oxygens (including phenoxy) is 2. The second kappa shape index (κ2) is 42.8. The zero-order valence-corrected chi connectivity index (χ0v) is 37.9. The van der Waals surface area contributed by atoms with Crippen molar-refractivity contribution in [2.45, 2.75) is 244 Å². The normalized spacial score (nSPS) is 13.9. The molecule has 0 heterocycles. The van der Waals surface area contributed by atoms with Gasteiger partial charge in [-0.25, -0.2) is 4.57 Å². The Balaban J connectivity index is 4.16. The molecule has 0 aromatic carbocycles. The molecule has 0 aliphatic heterocycles. The third-order valence-corrected chi connectivity index (χ3v) is 11.5.